The van der Waals surface area contributed by atoms with Gasteiger partial charge in [-0.2, -0.15) is 0 Å². The molecule has 0 aromatic heterocycles. The van der Waals surface area contributed by atoms with E-state index in [0.717, 1.165) is 6.42 Å². The van der Waals surface area contributed by atoms with Crippen LogP contribution in [0.4, 0.5) is 10.5 Å². The third kappa shape index (κ3) is 4.17. The van der Waals surface area contributed by atoms with Gasteiger partial charge in [0.25, 0.3) is 11.8 Å². The highest BCUT2D eigenvalue weighted by Crippen LogP contribution is 2.23. The second kappa shape index (κ2) is 8.34. The van der Waals surface area contributed by atoms with Crippen molar-refractivity contribution in [2.45, 2.75) is 19.8 Å². The number of carbonyl (C=O) groups is 4. The molecule has 1 heterocycles. The molecule has 144 valence electrons. The van der Waals surface area contributed by atoms with E-state index >= 15 is 0 Å². The summed E-state index contributed by atoms with van der Waals surface area (Å²) in [6.07, 6.45) is 0.706. The van der Waals surface area contributed by atoms with Crippen LogP contribution < -0.4 is 10.6 Å². The third-order valence-electron chi connectivity index (χ3n) is 4.05. The summed E-state index contributed by atoms with van der Waals surface area (Å²) in [7, 11) is 0. The van der Waals surface area contributed by atoms with E-state index in [9.17, 15) is 19.2 Å². The zero-order chi connectivity index (χ0) is 20.1. The first kappa shape index (κ1) is 19.1. The van der Waals surface area contributed by atoms with Crippen LogP contribution in [0.1, 0.15) is 39.6 Å². The maximum atomic E-state index is 12.2. The topological polar surface area (TPSA) is 105 Å². The minimum Gasteiger partial charge on any atom is -0.338 e. The van der Waals surface area contributed by atoms with Crippen LogP contribution in [-0.2, 0) is 16.1 Å². The quantitative estimate of drug-likeness (QED) is 0.748. The van der Waals surface area contributed by atoms with Crippen molar-refractivity contribution in [3.8, 4) is 0 Å². The molecule has 2 aromatic rings. The lowest BCUT2D eigenvalue weighted by Crippen LogP contribution is -2.33. The Bertz CT molecular complexity index is 889. The first-order valence-corrected chi connectivity index (χ1v) is 8.82. The first-order valence-electron chi connectivity index (χ1n) is 8.82. The summed E-state index contributed by atoms with van der Waals surface area (Å²) in [5.74, 6) is -2.06. The van der Waals surface area contributed by atoms with Crippen LogP contribution in [0, 0.1) is 0 Å². The fraction of sp³-hybridized carbons (Fsp3) is 0.200. The standard InChI is InChI=1S/C20H19N3O5/c1-2-11-21-20(27)22-14-9-7-13(8-10-14)12-17(24)28-23-18(25)15-5-3-4-6-16(15)19(23)26/h3-10H,2,11-12H2,1H3,(H2,21,22,27). The molecular formula is C20H19N3O5. The van der Waals surface area contributed by atoms with Crippen LogP contribution >= 0.6 is 0 Å². The number of hydrogen-bond acceptors (Lipinski definition) is 5. The normalized spacial score (nSPS) is 12.5. The Hall–Kier alpha value is -3.68. The van der Waals surface area contributed by atoms with Crippen molar-refractivity contribution in [2.24, 2.45) is 0 Å². The van der Waals surface area contributed by atoms with Crippen molar-refractivity contribution in [3.63, 3.8) is 0 Å². The van der Waals surface area contributed by atoms with E-state index in [1.54, 1.807) is 36.4 Å². The average Bonchev–Trinajstić information content (AvgIpc) is 2.93. The van der Waals surface area contributed by atoms with E-state index < -0.39 is 17.8 Å². The highest BCUT2D eigenvalue weighted by Gasteiger charge is 2.38. The number of nitrogens with one attached hydrogen (secondary N) is 2. The van der Waals surface area contributed by atoms with Crippen molar-refractivity contribution in [1.82, 2.24) is 10.4 Å². The number of imide groups is 1. The number of carbonyl (C=O) groups excluding carboxylic acids is 4. The van der Waals surface area contributed by atoms with Crippen LogP contribution in [0.5, 0.6) is 0 Å². The Kier molecular flexibility index (Phi) is 5.69. The summed E-state index contributed by atoms with van der Waals surface area (Å²) in [6.45, 7) is 2.53. The molecule has 0 aliphatic carbocycles. The molecule has 0 unspecified atom stereocenters. The van der Waals surface area contributed by atoms with Gasteiger partial charge in [-0.3, -0.25) is 9.59 Å². The van der Waals surface area contributed by atoms with Crippen LogP contribution in [0.3, 0.4) is 0 Å². The number of nitrogens with zero attached hydrogens (tertiary/aromatic N) is 1. The second-order valence-electron chi connectivity index (χ2n) is 6.17. The summed E-state index contributed by atoms with van der Waals surface area (Å²) in [4.78, 5) is 53.1. The van der Waals surface area contributed by atoms with Gasteiger partial charge in [-0.05, 0) is 36.2 Å². The Morgan fingerprint density at radius 3 is 2.14 bits per heavy atom. The van der Waals surface area contributed by atoms with E-state index in [4.69, 9.17) is 4.84 Å². The summed E-state index contributed by atoms with van der Waals surface area (Å²) in [6, 6.07) is 12.6. The molecule has 3 rings (SSSR count). The molecule has 0 fully saturated rings. The zero-order valence-corrected chi connectivity index (χ0v) is 15.2. The average molecular weight is 381 g/mol. The summed E-state index contributed by atoms with van der Waals surface area (Å²) >= 11 is 0. The van der Waals surface area contributed by atoms with E-state index in [-0.39, 0.29) is 23.6 Å². The zero-order valence-electron chi connectivity index (χ0n) is 15.2. The predicted molar refractivity (Wildman–Crippen MR) is 100 cm³/mol. The third-order valence-corrected chi connectivity index (χ3v) is 4.05. The fourth-order valence-corrected chi connectivity index (χ4v) is 2.67. The van der Waals surface area contributed by atoms with E-state index in [1.807, 2.05) is 6.92 Å². The fourth-order valence-electron chi connectivity index (χ4n) is 2.67. The van der Waals surface area contributed by atoms with Gasteiger partial charge in [-0.1, -0.05) is 36.3 Å². The number of benzene rings is 2. The molecule has 1 aliphatic rings. The van der Waals surface area contributed by atoms with Gasteiger partial charge in [0.1, 0.15) is 0 Å². The van der Waals surface area contributed by atoms with Gasteiger partial charge in [0.15, 0.2) is 0 Å². The van der Waals surface area contributed by atoms with Crippen LogP contribution in [0.15, 0.2) is 48.5 Å². The van der Waals surface area contributed by atoms with Gasteiger partial charge in [0.2, 0.25) is 0 Å². The summed E-state index contributed by atoms with van der Waals surface area (Å²) in [5, 5.41) is 5.85. The number of fused-ring (bicyclic) bond motifs is 1. The smallest absolute Gasteiger partial charge is 0.337 e. The van der Waals surface area contributed by atoms with Gasteiger partial charge in [0, 0.05) is 12.2 Å². The van der Waals surface area contributed by atoms with E-state index in [0.29, 0.717) is 22.9 Å². The minimum atomic E-state index is -0.740. The van der Waals surface area contributed by atoms with Crippen molar-refractivity contribution in [1.29, 1.82) is 0 Å². The maximum Gasteiger partial charge on any atom is 0.337 e. The van der Waals surface area contributed by atoms with Gasteiger partial charge >= 0.3 is 12.0 Å². The largest absolute Gasteiger partial charge is 0.338 e. The highest BCUT2D eigenvalue weighted by atomic mass is 16.7. The molecule has 0 saturated heterocycles. The van der Waals surface area contributed by atoms with Gasteiger partial charge in [-0.15, -0.1) is 0 Å². The molecule has 8 nitrogen and oxygen atoms in total. The molecule has 0 spiro atoms. The molecule has 0 radical (unpaired) electrons. The monoisotopic (exact) mass is 381 g/mol. The second-order valence-corrected chi connectivity index (χ2v) is 6.17. The molecule has 4 amide bonds. The number of hydroxylamine groups is 2. The molecule has 1 aliphatic heterocycles. The molecule has 0 saturated carbocycles. The lowest BCUT2D eigenvalue weighted by Gasteiger charge is -2.13. The number of urea groups is 1. The maximum absolute atomic E-state index is 12.2. The molecule has 8 heteroatoms. The SMILES string of the molecule is CCCNC(=O)Nc1ccc(CC(=O)ON2C(=O)c3ccccc3C2=O)cc1. The van der Waals surface area contributed by atoms with E-state index in [2.05, 4.69) is 10.6 Å². The minimum absolute atomic E-state index is 0.129. The van der Waals surface area contributed by atoms with Crippen molar-refractivity contribution >= 4 is 29.5 Å². The van der Waals surface area contributed by atoms with Crippen LogP contribution in [-0.4, -0.2) is 35.4 Å². The number of amides is 4. The van der Waals surface area contributed by atoms with Gasteiger partial charge in [-0.25, -0.2) is 9.59 Å². The number of anilines is 1. The van der Waals surface area contributed by atoms with Gasteiger partial charge in [0.05, 0.1) is 17.5 Å². The Balaban J connectivity index is 1.56. The van der Waals surface area contributed by atoms with Crippen molar-refractivity contribution < 1.29 is 24.0 Å². The molecular weight excluding hydrogens is 362 g/mol. The molecule has 2 N–H and O–H groups in total. The van der Waals surface area contributed by atoms with Crippen molar-refractivity contribution in [2.75, 3.05) is 11.9 Å². The lowest BCUT2D eigenvalue weighted by molar-refractivity contribution is -0.167. The Morgan fingerprint density at radius 1 is 0.964 bits per heavy atom. The first-order chi connectivity index (χ1) is 13.5. The molecule has 0 atom stereocenters. The predicted octanol–water partition coefficient (Wildman–Crippen LogP) is 2.52. The molecule has 28 heavy (non-hydrogen) atoms. The summed E-state index contributed by atoms with van der Waals surface area (Å²) in [5.41, 5.74) is 1.60. The van der Waals surface area contributed by atoms with Crippen molar-refractivity contribution in [3.05, 3.63) is 65.2 Å². The lowest BCUT2D eigenvalue weighted by atomic mass is 10.1. The van der Waals surface area contributed by atoms with E-state index in [1.165, 1.54) is 12.1 Å². The Labute approximate surface area is 161 Å². The Morgan fingerprint density at radius 2 is 1.57 bits per heavy atom. The molecule has 2 aromatic carbocycles. The number of rotatable bonds is 6. The summed E-state index contributed by atoms with van der Waals surface area (Å²) < 4.78 is 0. The molecule has 0 bridgehead atoms. The van der Waals surface area contributed by atoms with Gasteiger partial charge < -0.3 is 15.5 Å². The number of hydrogen-bond donors (Lipinski definition) is 2. The van der Waals surface area contributed by atoms with Crippen LogP contribution in [0.2, 0.25) is 0 Å². The highest BCUT2D eigenvalue weighted by molar-refractivity contribution is 6.20. The van der Waals surface area contributed by atoms with Crippen LogP contribution in [0.25, 0.3) is 0 Å².